The van der Waals surface area contributed by atoms with Crippen molar-refractivity contribution >= 4 is 0 Å². The molecule has 0 bridgehead atoms. The van der Waals surface area contributed by atoms with E-state index in [0.717, 1.165) is 19.5 Å². The molecular formula is C13H21F3N2O3. The maximum absolute atomic E-state index is 11.9. The largest absolute Gasteiger partial charge is 0.446 e. The van der Waals surface area contributed by atoms with Gasteiger partial charge in [-0.2, -0.15) is 13.2 Å². The quantitative estimate of drug-likeness (QED) is 0.633. The van der Waals surface area contributed by atoms with Crippen molar-refractivity contribution in [2.24, 2.45) is 0 Å². The van der Waals surface area contributed by atoms with Crippen LogP contribution in [0.15, 0.2) is 10.6 Å². The molecule has 1 heterocycles. The van der Waals surface area contributed by atoms with Gasteiger partial charge in [-0.15, -0.1) is 0 Å². The summed E-state index contributed by atoms with van der Waals surface area (Å²) in [6.07, 6.45) is -0.917. The number of methoxy groups -OCH3 is 1. The van der Waals surface area contributed by atoms with Gasteiger partial charge >= 0.3 is 6.18 Å². The number of hydrogen-bond donors (Lipinski definition) is 1. The number of rotatable bonds is 11. The highest BCUT2D eigenvalue weighted by molar-refractivity contribution is 4.94. The predicted octanol–water partition coefficient (Wildman–Crippen LogP) is 1.96. The van der Waals surface area contributed by atoms with Crippen molar-refractivity contribution in [3.63, 3.8) is 0 Å². The minimum Gasteiger partial charge on any atom is -0.446 e. The van der Waals surface area contributed by atoms with E-state index in [2.05, 4.69) is 15.0 Å². The molecule has 0 radical (unpaired) electrons. The zero-order chi connectivity index (χ0) is 15.6. The molecule has 0 aliphatic carbocycles. The monoisotopic (exact) mass is 310 g/mol. The highest BCUT2D eigenvalue weighted by atomic mass is 19.4. The van der Waals surface area contributed by atoms with E-state index in [1.165, 1.54) is 6.20 Å². The Balaban J connectivity index is 2.09. The van der Waals surface area contributed by atoms with Gasteiger partial charge in [0.05, 0.1) is 19.4 Å². The van der Waals surface area contributed by atoms with Crippen LogP contribution in [0, 0.1) is 0 Å². The molecule has 0 saturated carbocycles. The first-order chi connectivity index (χ1) is 10.0. The molecule has 0 atom stereocenters. The third-order valence-corrected chi connectivity index (χ3v) is 2.59. The number of oxazole rings is 1. The van der Waals surface area contributed by atoms with Gasteiger partial charge in [-0.25, -0.2) is 4.98 Å². The fraction of sp³-hybridized carbons (Fsp3) is 0.769. The van der Waals surface area contributed by atoms with Crippen LogP contribution >= 0.6 is 0 Å². The molecule has 0 aliphatic heterocycles. The van der Waals surface area contributed by atoms with E-state index < -0.39 is 12.8 Å². The number of alkyl halides is 3. The van der Waals surface area contributed by atoms with Gasteiger partial charge in [0.2, 0.25) is 0 Å². The molecule has 1 aromatic heterocycles. The predicted molar refractivity (Wildman–Crippen MR) is 70.1 cm³/mol. The maximum atomic E-state index is 11.9. The summed E-state index contributed by atoms with van der Waals surface area (Å²) in [5.41, 5.74) is 0. The highest BCUT2D eigenvalue weighted by Crippen LogP contribution is 2.14. The molecule has 0 saturated heterocycles. The van der Waals surface area contributed by atoms with Crippen molar-refractivity contribution in [3.05, 3.63) is 17.8 Å². The average Bonchev–Trinajstić information content (AvgIpc) is 2.86. The Bertz CT molecular complexity index is 383. The second kappa shape index (κ2) is 9.75. The van der Waals surface area contributed by atoms with E-state index in [4.69, 9.17) is 9.15 Å². The summed E-state index contributed by atoms with van der Waals surface area (Å²) in [6, 6.07) is 0. The van der Waals surface area contributed by atoms with Crippen molar-refractivity contribution in [1.82, 2.24) is 10.3 Å². The molecule has 1 rings (SSSR count). The van der Waals surface area contributed by atoms with Crippen molar-refractivity contribution in [2.75, 3.05) is 40.0 Å². The molecule has 0 amide bonds. The van der Waals surface area contributed by atoms with Crippen LogP contribution in [0.1, 0.15) is 18.1 Å². The first kappa shape index (κ1) is 17.9. The second-order valence-corrected chi connectivity index (χ2v) is 4.48. The smallest absolute Gasteiger partial charge is 0.411 e. The van der Waals surface area contributed by atoms with Gasteiger partial charge in [0, 0.05) is 26.5 Å². The summed E-state index contributed by atoms with van der Waals surface area (Å²) in [4.78, 5) is 4.08. The van der Waals surface area contributed by atoms with Crippen LogP contribution in [0.4, 0.5) is 13.2 Å². The molecule has 0 unspecified atom stereocenters. The number of hydrogen-bond acceptors (Lipinski definition) is 5. The third-order valence-electron chi connectivity index (χ3n) is 2.59. The molecule has 0 fully saturated rings. The van der Waals surface area contributed by atoms with E-state index in [1.54, 1.807) is 7.11 Å². The zero-order valence-corrected chi connectivity index (χ0v) is 12.0. The van der Waals surface area contributed by atoms with Crippen LogP contribution in [-0.2, 0) is 22.3 Å². The van der Waals surface area contributed by atoms with Crippen LogP contribution in [-0.4, -0.2) is 51.2 Å². The second-order valence-electron chi connectivity index (χ2n) is 4.48. The van der Waals surface area contributed by atoms with Gasteiger partial charge in [0.1, 0.15) is 12.4 Å². The van der Waals surface area contributed by atoms with Crippen molar-refractivity contribution in [2.45, 2.75) is 25.4 Å². The topological polar surface area (TPSA) is 56.5 Å². The van der Waals surface area contributed by atoms with Crippen molar-refractivity contribution < 1.29 is 27.1 Å². The van der Waals surface area contributed by atoms with Gasteiger partial charge in [0.15, 0.2) is 5.89 Å². The zero-order valence-electron chi connectivity index (χ0n) is 12.0. The lowest BCUT2D eigenvalue weighted by Crippen LogP contribution is -2.20. The Labute approximate surface area is 121 Å². The van der Waals surface area contributed by atoms with Crippen LogP contribution in [0.5, 0.6) is 0 Å². The molecule has 0 spiro atoms. The Morgan fingerprint density at radius 3 is 2.76 bits per heavy atom. The van der Waals surface area contributed by atoms with E-state index in [1.807, 2.05) is 0 Å². The Morgan fingerprint density at radius 2 is 2.05 bits per heavy atom. The van der Waals surface area contributed by atoms with Crippen LogP contribution in [0.25, 0.3) is 0 Å². The summed E-state index contributed by atoms with van der Waals surface area (Å²) < 4.78 is 50.4. The molecule has 0 aromatic carbocycles. The lowest BCUT2D eigenvalue weighted by molar-refractivity contribution is -0.173. The van der Waals surface area contributed by atoms with E-state index in [-0.39, 0.29) is 13.0 Å². The minimum absolute atomic E-state index is 0.0350. The number of aromatic nitrogens is 1. The number of nitrogens with one attached hydrogen (secondary N) is 1. The number of aryl methyl sites for hydroxylation is 1. The first-order valence-corrected chi connectivity index (χ1v) is 6.79. The Hall–Kier alpha value is -1.12. The fourth-order valence-electron chi connectivity index (χ4n) is 1.60. The summed E-state index contributed by atoms with van der Waals surface area (Å²) in [5.74, 6) is 1.13. The van der Waals surface area contributed by atoms with Crippen molar-refractivity contribution in [1.29, 1.82) is 0 Å². The summed E-state index contributed by atoms with van der Waals surface area (Å²) in [7, 11) is 1.65. The van der Waals surface area contributed by atoms with Gasteiger partial charge in [0.25, 0.3) is 0 Å². The maximum Gasteiger partial charge on any atom is 0.411 e. The molecule has 21 heavy (non-hydrogen) atoms. The standard InChI is InChI=1S/C13H21F3N2O3/c1-19-8-6-17-5-2-3-12-18-9-11(21-12)4-7-20-10-13(14,15)16/h9,17H,2-8,10H2,1H3. The van der Waals surface area contributed by atoms with Gasteiger partial charge in [-0.05, 0) is 13.0 Å². The highest BCUT2D eigenvalue weighted by Gasteiger charge is 2.27. The number of ether oxygens (including phenoxy) is 2. The summed E-state index contributed by atoms with van der Waals surface area (Å²) >= 11 is 0. The molecular weight excluding hydrogens is 289 g/mol. The lowest BCUT2D eigenvalue weighted by Gasteiger charge is -2.06. The molecule has 122 valence electrons. The normalized spacial score (nSPS) is 12.0. The van der Waals surface area contributed by atoms with Crippen LogP contribution in [0.3, 0.4) is 0 Å². The van der Waals surface area contributed by atoms with Gasteiger partial charge in [-0.1, -0.05) is 0 Å². The van der Waals surface area contributed by atoms with E-state index >= 15 is 0 Å². The Kier molecular flexibility index (Phi) is 8.33. The molecule has 1 aromatic rings. The van der Waals surface area contributed by atoms with Gasteiger partial charge < -0.3 is 19.2 Å². The van der Waals surface area contributed by atoms with Crippen molar-refractivity contribution in [3.8, 4) is 0 Å². The summed E-state index contributed by atoms with van der Waals surface area (Å²) in [5, 5.41) is 3.20. The molecule has 0 aliphatic rings. The van der Waals surface area contributed by atoms with E-state index in [0.29, 0.717) is 24.7 Å². The van der Waals surface area contributed by atoms with Crippen LogP contribution in [0.2, 0.25) is 0 Å². The Morgan fingerprint density at radius 1 is 1.24 bits per heavy atom. The summed E-state index contributed by atoms with van der Waals surface area (Å²) in [6.45, 7) is 1.02. The SMILES string of the molecule is COCCNCCCc1ncc(CCOCC(F)(F)F)o1. The minimum atomic E-state index is -4.29. The molecule has 8 heteroatoms. The molecule has 1 N–H and O–H groups in total. The molecule has 5 nitrogen and oxygen atoms in total. The van der Waals surface area contributed by atoms with Crippen LogP contribution < -0.4 is 5.32 Å². The lowest BCUT2D eigenvalue weighted by atomic mass is 10.3. The number of nitrogens with zero attached hydrogens (tertiary/aromatic N) is 1. The van der Waals surface area contributed by atoms with E-state index in [9.17, 15) is 13.2 Å². The third kappa shape index (κ3) is 9.43. The first-order valence-electron chi connectivity index (χ1n) is 6.79. The average molecular weight is 310 g/mol. The fourth-order valence-corrected chi connectivity index (χ4v) is 1.60. The van der Waals surface area contributed by atoms with Gasteiger partial charge in [-0.3, -0.25) is 0 Å². The number of halogens is 3.